The van der Waals surface area contributed by atoms with Gasteiger partial charge in [0.25, 0.3) is 0 Å². The number of aliphatic hydroxyl groups excluding tert-OH is 1. The van der Waals surface area contributed by atoms with Gasteiger partial charge in [-0.05, 0) is 12.5 Å². The topological polar surface area (TPSA) is 20.2 Å². The molecule has 0 aliphatic carbocycles. The Balaban J connectivity index is 2.25. The van der Waals surface area contributed by atoms with Gasteiger partial charge in [-0.15, -0.1) is 0 Å². The largest absolute Gasteiger partial charge is 0.390 e. The zero-order valence-corrected chi connectivity index (χ0v) is 9.72. The Morgan fingerprint density at radius 3 is 2.33 bits per heavy atom. The Morgan fingerprint density at radius 1 is 1.20 bits per heavy atom. The summed E-state index contributed by atoms with van der Waals surface area (Å²) >= 11 is 0. The molecule has 0 spiro atoms. The highest BCUT2D eigenvalue weighted by Crippen LogP contribution is 2.43. The van der Waals surface area contributed by atoms with Crippen molar-refractivity contribution < 1.29 is 9.59 Å². The molecule has 1 aromatic rings. The van der Waals surface area contributed by atoms with Crippen LogP contribution in [0.3, 0.4) is 0 Å². The van der Waals surface area contributed by atoms with E-state index >= 15 is 0 Å². The van der Waals surface area contributed by atoms with E-state index in [4.69, 9.17) is 0 Å². The molecular weight excluding hydrogens is 186 g/mol. The first-order valence-corrected chi connectivity index (χ1v) is 5.58. The van der Waals surface area contributed by atoms with Gasteiger partial charge in [-0.2, -0.15) is 0 Å². The van der Waals surface area contributed by atoms with Crippen LogP contribution in [-0.2, 0) is 0 Å². The number of nitrogens with zero attached hydrogens (tertiary/aromatic N) is 1. The second-order valence-electron chi connectivity index (χ2n) is 5.06. The van der Waals surface area contributed by atoms with Crippen LogP contribution in [0.1, 0.15) is 18.4 Å². The Kier molecular flexibility index (Phi) is 2.57. The number of aliphatic hydroxyl groups is 1. The van der Waals surface area contributed by atoms with E-state index < -0.39 is 0 Å². The normalized spacial score (nSPS) is 33.5. The third-order valence-corrected chi connectivity index (χ3v) is 4.21. The Bertz CT molecular complexity index is 334. The summed E-state index contributed by atoms with van der Waals surface area (Å²) in [5.41, 5.74) is 1.36. The van der Waals surface area contributed by atoms with Gasteiger partial charge in [-0.25, -0.2) is 0 Å². The number of benzene rings is 1. The van der Waals surface area contributed by atoms with Crippen LogP contribution in [0.4, 0.5) is 0 Å². The van der Waals surface area contributed by atoms with Crippen molar-refractivity contribution in [1.29, 1.82) is 0 Å². The molecule has 82 valence electrons. The summed E-state index contributed by atoms with van der Waals surface area (Å²) in [6.45, 7) is 2.54. The van der Waals surface area contributed by atoms with E-state index in [1.807, 2.05) is 6.07 Å². The summed E-state index contributed by atoms with van der Waals surface area (Å²) in [7, 11) is 4.40. The van der Waals surface area contributed by atoms with Crippen molar-refractivity contribution in [2.45, 2.75) is 24.9 Å². The molecule has 1 fully saturated rings. The van der Waals surface area contributed by atoms with Gasteiger partial charge in [0.05, 0.1) is 32.7 Å². The van der Waals surface area contributed by atoms with Crippen molar-refractivity contribution in [2.24, 2.45) is 0 Å². The average molecular weight is 206 g/mol. The van der Waals surface area contributed by atoms with Crippen molar-refractivity contribution >= 4 is 0 Å². The highest BCUT2D eigenvalue weighted by molar-refractivity contribution is 5.24. The molecule has 1 aromatic carbocycles. The highest BCUT2D eigenvalue weighted by Gasteiger charge is 2.55. The van der Waals surface area contributed by atoms with E-state index in [1.54, 1.807) is 0 Å². The molecule has 1 aliphatic heterocycles. The molecule has 1 N–H and O–H groups in total. The maximum absolute atomic E-state index is 9.46. The molecule has 1 saturated heterocycles. The van der Waals surface area contributed by atoms with Gasteiger partial charge in [0.2, 0.25) is 0 Å². The number of rotatable bonds is 2. The monoisotopic (exact) mass is 206 g/mol. The zero-order valence-electron chi connectivity index (χ0n) is 9.72. The maximum Gasteiger partial charge on any atom is 0.125 e. The molecule has 0 saturated carbocycles. The lowest BCUT2D eigenvalue weighted by atomic mass is 9.74. The molecule has 1 heterocycles. The van der Waals surface area contributed by atoms with Crippen molar-refractivity contribution in [3.8, 4) is 0 Å². The van der Waals surface area contributed by atoms with Gasteiger partial charge in [0, 0.05) is 0 Å². The molecule has 2 heteroatoms. The SMILES string of the molecule is C[C@H]1[C@H](c2ccccc2)[C@@H](CO)[N+]1(C)C. The van der Waals surface area contributed by atoms with E-state index in [2.05, 4.69) is 45.3 Å². The van der Waals surface area contributed by atoms with Crippen LogP contribution in [0.15, 0.2) is 30.3 Å². The maximum atomic E-state index is 9.46. The van der Waals surface area contributed by atoms with Crippen molar-refractivity contribution in [3.05, 3.63) is 35.9 Å². The Morgan fingerprint density at radius 2 is 1.80 bits per heavy atom. The second-order valence-corrected chi connectivity index (χ2v) is 5.06. The van der Waals surface area contributed by atoms with Crippen LogP contribution >= 0.6 is 0 Å². The number of likely N-dealkylation sites (N-methyl/N-ethyl adjacent to an activating group) is 1. The smallest absolute Gasteiger partial charge is 0.125 e. The van der Waals surface area contributed by atoms with Crippen LogP contribution in [0.2, 0.25) is 0 Å². The zero-order chi connectivity index (χ0) is 11.1. The summed E-state index contributed by atoms with van der Waals surface area (Å²) < 4.78 is 0.927. The van der Waals surface area contributed by atoms with Crippen molar-refractivity contribution in [1.82, 2.24) is 0 Å². The average Bonchev–Trinajstić information content (AvgIpc) is 2.25. The summed E-state index contributed by atoms with van der Waals surface area (Å²) in [5, 5.41) is 9.46. The van der Waals surface area contributed by atoms with E-state index in [1.165, 1.54) is 5.56 Å². The lowest BCUT2D eigenvalue weighted by Crippen LogP contribution is -2.71. The van der Waals surface area contributed by atoms with Gasteiger partial charge in [0.1, 0.15) is 6.04 Å². The molecule has 0 bridgehead atoms. The Hall–Kier alpha value is -0.860. The number of likely N-dealkylation sites (tertiary alicyclic amines) is 1. The summed E-state index contributed by atoms with van der Waals surface area (Å²) in [5.74, 6) is 0.506. The number of hydrogen-bond donors (Lipinski definition) is 1. The minimum Gasteiger partial charge on any atom is -0.390 e. The van der Waals surface area contributed by atoms with Crippen LogP contribution in [0.5, 0.6) is 0 Å². The van der Waals surface area contributed by atoms with E-state index in [0.29, 0.717) is 18.0 Å². The first kappa shape index (κ1) is 10.7. The minimum atomic E-state index is 0.275. The lowest BCUT2D eigenvalue weighted by Gasteiger charge is -2.57. The predicted molar refractivity (Wildman–Crippen MR) is 61.6 cm³/mol. The van der Waals surface area contributed by atoms with Crippen molar-refractivity contribution in [2.75, 3.05) is 20.7 Å². The van der Waals surface area contributed by atoms with Gasteiger partial charge < -0.3 is 9.59 Å². The van der Waals surface area contributed by atoms with Gasteiger partial charge in [-0.1, -0.05) is 30.3 Å². The lowest BCUT2D eigenvalue weighted by molar-refractivity contribution is -0.984. The van der Waals surface area contributed by atoms with Crippen LogP contribution in [0.25, 0.3) is 0 Å². The molecular formula is C13H20NO+. The molecule has 0 unspecified atom stereocenters. The highest BCUT2D eigenvalue weighted by atomic mass is 16.3. The molecule has 0 aromatic heterocycles. The summed E-state index contributed by atoms with van der Waals surface area (Å²) in [4.78, 5) is 0. The molecule has 2 nitrogen and oxygen atoms in total. The fraction of sp³-hybridized carbons (Fsp3) is 0.538. The quantitative estimate of drug-likeness (QED) is 0.729. The predicted octanol–water partition coefficient (Wildman–Crippen LogP) is 1.61. The third kappa shape index (κ3) is 1.48. The molecule has 3 atom stereocenters. The van der Waals surface area contributed by atoms with Crippen LogP contribution < -0.4 is 0 Å². The molecule has 1 aliphatic rings. The first-order valence-electron chi connectivity index (χ1n) is 5.58. The molecule has 15 heavy (non-hydrogen) atoms. The van der Waals surface area contributed by atoms with E-state index in [9.17, 15) is 5.11 Å². The van der Waals surface area contributed by atoms with Crippen LogP contribution in [0, 0.1) is 0 Å². The van der Waals surface area contributed by atoms with E-state index in [-0.39, 0.29) is 6.61 Å². The number of hydrogen-bond acceptors (Lipinski definition) is 1. The van der Waals surface area contributed by atoms with Gasteiger partial charge in [0.15, 0.2) is 0 Å². The summed E-state index contributed by atoms with van der Waals surface area (Å²) in [6.07, 6.45) is 0. The standard InChI is InChI=1S/C13H20NO/c1-10-13(11-7-5-4-6-8-11)12(9-15)14(10,2)3/h4-8,10,12-13,15H,9H2,1-3H3/q+1/t10-,12+,13+/m0/s1. The Labute approximate surface area is 91.7 Å². The first-order chi connectivity index (χ1) is 7.09. The molecule has 0 radical (unpaired) electrons. The fourth-order valence-electron chi connectivity index (χ4n) is 2.85. The van der Waals surface area contributed by atoms with E-state index in [0.717, 1.165) is 4.48 Å². The van der Waals surface area contributed by atoms with Crippen molar-refractivity contribution in [3.63, 3.8) is 0 Å². The number of quaternary nitrogens is 1. The van der Waals surface area contributed by atoms with Crippen LogP contribution in [-0.4, -0.2) is 42.4 Å². The molecule has 0 amide bonds. The van der Waals surface area contributed by atoms with Gasteiger partial charge >= 0.3 is 0 Å². The summed E-state index contributed by atoms with van der Waals surface area (Å²) in [6, 6.07) is 11.5. The minimum absolute atomic E-state index is 0.275. The molecule has 2 rings (SSSR count). The fourth-order valence-corrected chi connectivity index (χ4v) is 2.85. The van der Waals surface area contributed by atoms with Gasteiger partial charge in [-0.3, -0.25) is 0 Å². The second kappa shape index (κ2) is 3.62. The third-order valence-electron chi connectivity index (χ3n) is 4.21.